The van der Waals surface area contributed by atoms with Gasteiger partial charge in [0.25, 0.3) is 0 Å². The lowest BCUT2D eigenvalue weighted by molar-refractivity contribution is 0.104. The van der Waals surface area contributed by atoms with Crippen molar-refractivity contribution in [1.29, 1.82) is 0 Å². The third-order valence-corrected chi connectivity index (χ3v) is 6.64. The quantitative estimate of drug-likeness (QED) is 0.134. The highest BCUT2D eigenvalue weighted by Crippen LogP contribution is 2.23. The molecule has 0 spiro atoms. The minimum Gasteiger partial charge on any atom is -0.497 e. The number of carbonyl (C=O) groups excluding carboxylic acids is 1. The number of hydrogen-bond acceptors (Lipinski definition) is 4. The van der Waals surface area contributed by atoms with Crippen molar-refractivity contribution in [2.75, 3.05) is 20.2 Å². The highest BCUT2D eigenvalue weighted by molar-refractivity contribution is 6.07. The number of methoxy groups -OCH3 is 1. The maximum absolute atomic E-state index is 12.7. The summed E-state index contributed by atoms with van der Waals surface area (Å²) in [4.78, 5) is 16.0. The van der Waals surface area contributed by atoms with Crippen molar-refractivity contribution < 1.29 is 14.6 Å². The van der Waals surface area contributed by atoms with Crippen LogP contribution in [-0.4, -0.2) is 46.7 Å². The van der Waals surface area contributed by atoms with E-state index in [1.165, 1.54) is 10.9 Å². The molecule has 2 aromatic heterocycles. The lowest BCUT2D eigenvalue weighted by atomic mass is 10.1. The van der Waals surface area contributed by atoms with E-state index in [9.17, 15) is 9.90 Å². The molecule has 6 nitrogen and oxygen atoms in total. The molecular formula is C31H31N3O3. The van der Waals surface area contributed by atoms with E-state index in [0.29, 0.717) is 18.7 Å². The van der Waals surface area contributed by atoms with Crippen molar-refractivity contribution in [3.8, 4) is 5.75 Å². The summed E-state index contributed by atoms with van der Waals surface area (Å²) >= 11 is 0. The molecule has 2 heterocycles. The van der Waals surface area contributed by atoms with Crippen LogP contribution in [0.4, 0.5) is 0 Å². The number of ketones is 1. The number of aliphatic hydroxyl groups excluding tert-OH is 1. The summed E-state index contributed by atoms with van der Waals surface area (Å²) in [7, 11) is 1.60. The summed E-state index contributed by atoms with van der Waals surface area (Å²) in [6, 6.07) is 23.4. The third kappa shape index (κ3) is 5.66. The summed E-state index contributed by atoms with van der Waals surface area (Å²) in [6.45, 7) is 1.74. The molecule has 0 radical (unpaired) electrons. The second kappa shape index (κ2) is 11.3. The predicted molar refractivity (Wildman–Crippen MR) is 149 cm³/mol. The molecule has 5 aromatic rings. The lowest BCUT2D eigenvalue weighted by Crippen LogP contribution is -2.31. The Labute approximate surface area is 216 Å². The van der Waals surface area contributed by atoms with Crippen molar-refractivity contribution in [3.63, 3.8) is 0 Å². The fraction of sp³-hybridized carbons (Fsp3) is 0.194. The van der Waals surface area contributed by atoms with Crippen LogP contribution in [0.5, 0.6) is 5.75 Å². The number of H-pyrrole nitrogens is 1. The van der Waals surface area contributed by atoms with Crippen LogP contribution in [0.2, 0.25) is 0 Å². The summed E-state index contributed by atoms with van der Waals surface area (Å²) in [5.41, 5.74) is 4.99. The first-order chi connectivity index (χ1) is 18.1. The number of rotatable bonds is 11. The second-order valence-electron chi connectivity index (χ2n) is 9.15. The molecule has 188 valence electrons. The van der Waals surface area contributed by atoms with Gasteiger partial charge >= 0.3 is 0 Å². The Hall–Kier alpha value is -4.13. The van der Waals surface area contributed by atoms with Crippen LogP contribution in [0, 0.1) is 0 Å². The number of carbonyl (C=O) groups is 1. The first-order valence-corrected chi connectivity index (χ1v) is 12.5. The number of hydrogen-bond donors (Lipinski definition) is 3. The van der Waals surface area contributed by atoms with E-state index in [-0.39, 0.29) is 5.78 Å². The van der Waals surface area contributed by atoms with Gasteiger partial charge in [-0.25, -0.2) is 0 Å². The fourth-order valence-electron chi connectivity index (χ4n) is 4.70. The molecule has 37 heavy (non-hydrogen) atoms. The zero-order chi connectivity index (χ0) is 25.6. The monoisotopic (exact) mass is 493 g/mol. The summed E-state index contributed by atoms with van der Waals surface area (Å²) < 4.78 is 7.22. The summed E-state index contributed by atoms with van der Waals surface area (Å²) in [5, 5.41) is 16.4. The van der Waals surface area contributed by atoms with Crippen molar-refractivity contribution in [3.05, 3.63) is 108 Å². The van der Waals surface area contributed by atoms with Crippen LogP contribution in [0.1, 0.15) is 21.5 Å². The summed E-state index contributed by atoms with van der Waals surface area (Å²) in [6.07, 6.45) is 7.84. The van der Waals surface area contributed by atoms with Crippen LogP contribution in [-0.2, 0) is 13.0 Å². The van der Waals surface area contributed by atoms with Crippen molar-refractivity contribution in [2.45, 2.75) is 19.1 Å². The van der Waals surface area contributed by atoms with E-state index in [4.69, 9.17) is 4.74 Å². The number of ether oxygens (including phenoxy) is 1. The Kier molecular flexibility index (Phi) is 7.49. The molecule has 3 aromatic carbocycles. The van der Waals surface area contributed by atoms with Gasteiger partial charge in [0.15, 0.2) is 5.78 Å². The Bertz CT molecular complexity index is 1530. The standard InChI is InChI=1S/C31H31N3O3/c1-37-26-13-10-22(11-14-26)31(36)15-12-24-20-34(30-9-5-3-7-28(24)30)21-25(35)19-32-17-16-23-18-33-29-8-4-2-6-27(23)29/h2-15,18,20,25,32-33,35H,16-17,19,21H2,1H3/b15-12+. The van der Waals surface area contributed by atoms with E-state index < -0.39 is 6.10 Å². The highest BCUT2D eigenvalue weighted by Gasteiger charge is 2.11. The normalized spacial score (nSPS) is 12.5. The van der Waals surface area contributed by atoms with Gasteiger partial charge in [0.2, 0.25) is 0 Å². The zero-order valence-electron chi connectivity index (χ0n) is 20.9. The Morgan fingerprint density at radius 2 is 1.81 bits per heavy atom. The van der Waals surface area contributed by atoms with E-state index >= 15 is 0 Å². The molecule has 0 aliphatic rings. The third-order valence-electron chi connectivity index (χ3n) is 6.64. The van der Waals surface area contributed by atoms with E-state index in [2.05, 4.69) is 39.3 Å². The van der Waals surface area contributed by atoms with Crippen molar-refractivity contribution in [2.24, 2.45) is 0 Å². The molecule has 1 atom stereocenters. The molecular weight excluding hydrogens is 462 g/mol. The van der Waals surface area contributed by atoms with Crippen molar-refractivity contribution >= 4 is 33.7 Å². The molecule has 0 aliphatic heterocycles. The van der Waals surface area contributed by atoms with Crippen LogP contribution in [0.25, 0.3) is 27.9 Å². The Balaban J connectivity index is 1.21. The number of aromatic nitrogens is 2. The first-order valence-electron chi connectivity index (χ1n) is 12.5. The number of fused-ring (bicyclic) bond motifs is 2. The topological polar surface area (TPSA) is 79.3 Å². The van der Waals surface area contributed by atoms with Crippen LogP contribution >= 0.6 is 0 Å². The van der Waals surface area contributed by atoms with Gasteiger partial charge in [-0.2, -0.15) is 0 Å². The zero-order valence-corrected chi connectivity index (χ0v) is 20.9. The molecule has 0 fully saturated rings. The van der Waals surface area contributed by atoms with Crippen LogP contribution in [0.3, 0.4) is 0 Å². The number of nitrogens with one attached hydrogen (secondary N) is 2. The molecule has 0 saturated carbocycles. The molecule has 0 amide bonds. The molecule has 5 rings (SSSR count). The molecule has 0 bridgehead atoms. The lowest BCUT2D eigenvalue weighted by Gasteiger charge is -2.13. The maximum atomic E-state index is 12.7. The van der Waals surface area contributed by atoms with Crippen molar-refractivity contribution in [1.82, 2.24) is 14.9 Å². The number of aromatic amines is 1. The van der Waals surface area contributed by atoms with E-state index in [1.54, 1.807) is 37.5 Å². The van der Waals surface area contributed by atoms with Gasteiger partial charge in [-0.05, 0) is 67.1 Å². The maximum Gasteiger partial charge on any atom is 0.185 e. The molecule has 6 heteroatoms. The first kappa shape index (κ1) is 24.6. The minimum absolute atomic E-state index is 0.0704. The van der Waals surface area contributed by atoms with Gasteiger partial charge < -0.3 is 24.7 Å². The average molecular weight is 494 g/mol. The van der Waals surface area contributed by atoms with Gasteiger partial charge in [0, 0.05) is 58.4 Å². The highest BCUT2D eigenvalue weighted by atomic mass is 16.5. The number of nitrogens with zero attached hydrogens (tertiary/aromatic N) is 1. The average Bonchev–Trinajstić information content (AvgIpc) is 3.51. The smallest absolute Gasteiger partial charge is 0.185 e. The Morgan fingerprint density at radius 1 is 1.05 bits per heavy atom. The Morgan fingerprint density at radius 3 is 2.62 bits per heavy atom. The van der Waals surface area contributed by atoms with E-state index in [1.807, 2.05) is 42.6 Å². The van der Waals surface area contributed by atoms with Crippen LogP contribution in [0.15, 0.2) is 91.3 Å². The van der Waals surface area contributed by atoms with Gasteiger partial charge in [0.1, 0.15) is 5.75 Å². The summed E-state index contributed by atoms with van der Waals surface area (Å²) in [5.74, 6) is 0.647. The predicted octanol–water partition coefficient (Wildman–Crippen LogP) is 5.22. The number of aliphatic hydroxyl groups is 1. The second-order valence-corrected chi connectivity index (χ2v) is 9.15. The number of para-hydroxylation sites is 2. The fourth-order valence-corrected chi connectivity index (χ4v) is 4.70. The van der Waals surface area contributed by atoms with E-state index in [0.717, 1.165) is 40.7 Å². The van der Waals surface area contributed by atoms with Gasteiger partial charge in [-0.3, -0.25) is 4.79 Å². The van der Waals surface area contributed by atoms with Gasteiger partial charge in [-0.1, -0.05) is 36.4 Å². The molecule has 1 unspecified atom stereocenters. The van der Waals surface area contributed by atoms with Gasteiger partial charge in [-0.15, -0.1) is 0 Å². The van der Waals surface area contributed by atoms with Gasteiger partial charge in [0.05, 0.1) is 13.2 Å². The van der Waals surface area contributed by atoms with Crippen LogP contribution < -0.4 is 10.1 Å². The number of allylic oxidation sites excluding steroid dienone is 1. The largest absolute Gasteiger partial charge is 0.497 e. The molecule has 0 aliphatic carbocycles. The number of benzene rings is 3. The SMILES string of the molecule is COc1ccc(C(=O)/C=C/c2cn(CC(O)CNCCc3c[nH]c4ccccc34)c3ccccc23)cc1. The minimum atomic E-state index is -0.545. The molecule has 3 N–H and O–H groups in total. The molecule has 0 saturated heterocycles.